The molecule has 0 saturated heterocycles. The lowest BCUT2D eigenvalue weighted by Gasteiger charge is -2.23. The number of nitrogens with zero attached hydrogens (tertiary/aromatic N) is 1. The van der Waals surface area contributed by atoms with E-state index in [0.29, 0.717) is 0 Å². The zero-order chi connectivity index (χ0) is 29.1. The molecule has 0 radical (unpaired) electrons. The number of fused-ring (bicyclic) bond motifs is 10. The van der Waals surface area contributed by atoms with Gasteiger partial charge in [-0.1, -0.05) is 131 Å². The van der Waals surface area contributed by atoms with Crippen molar-refractivity contribution < 1.29 is 0 Å². The standard InChI is InChI=1S/C42H33N/c1-41(2)35-14-8-6-12-30(35)34-25-27(19-24-37(34)41)26-17-20-28(21-18-26)43-38-16-10-7-13-31(38)33-23-22-32-29-11-5-9-15-36(29)42(3,4)39(32)40(33)43/h5-25H,1-4H3. The van der Waals surface area contributed by atoms with Gasteiger partial charge in [0.25, 0.3) is 0 Å². The molecule has 0 amide bonds. The minimum atomic E-state index is -0.0913. The second-order valence-electron chi connectivity index (χ2n) is 13.4. The van der Waals surface area contributed by atoms with Gasteiger partial charge in [-0.15, -0.1) is 0 Å². The molecule has 1 heteroatoms. The number of hydrogen-bond acceptors (Lipinski definition) is 0. The largest absolute Gasteiger partial charge is 0.309 e. The molecular weight excluding hydrogens is 518 g/mol. The van der Waals surface area contributed by atoms with Crippen molar-refractivity contribution in [2.75, 3.05) is 0 Å². The summed E-state index contributed by atoms with van der Waals surface area (Å²) in [5.74, 6) is 0. The van der Waals surface area contributed by atoms with Crippen LogP contribution in [0.1, 0.15) is 49.9 Å². The van der Waals surface area contributed by atoms with Gasteiger partial charge in [0.1, 0.15) is 0 Å². The van der Waals surface area contributed by atoms with Crippen LogP contribution in [0.15, 0.2) is 127 Å². The summed E-state index contributed by atoms with van der Waals surface area (Å²) in [7, 11) is 0. The molecule has 9 rings (SSSR count). The molecule has 1 aromatic heterocycles. The van der Waals surface area contributed by atoms with E-state index >= 15 is 0 Å². The molecule has 206 valence electrons. The van der Waals surface area contributed by atoms with Crippen LogP contribution in [-0.4, -0.2) is 4.57 Å². The van der Waals surface area contributed by atoms with Crippen molar-refractivity contribution >= 4 is 21.8 Å². The van der Waals surface area contributed by atoms with Gasteiger partial charge in [0.2, 0.25) is 0 Å². The quantitative estimate of drug-likeness (QED) is 0.201. The van der Waals surface area contributed by atoms with Crippen molar-refractivity contribution in [3.05, 3.63) is 150 Å². The van der Waals surface area contributed by atoms with Crippen molar-refractivity contribution in [3.8, 4) is 39.1 Å². The summed E-state index contributed by atoms with van der Waals surface area (Å²) in [6, 6.07) is 47.6. The summed E-state index contributed by atoms with van der Waals surface area (Å²) in [6.07, 6.45) is 0. The van der Waals surface area contributed by atoms with Crippen LogP contribution in [0, 0.1) is 0 Å². The topological polar surface area (TPSA) is 4.93 Å². The molecule has 0 unspecified atom stereocenters. The third kappa shape index (κ3) is 3.17. The predicted octanol–water partition coefficient (Wildman–Crippen LogP) is 11.1. The average molecular weight is 552 g/mol. The fourth-order valence-electron chi connectivity index (χ4n) is 8.28. The maximum Gasteiger partial charge on any atom is 0.0588 e. The highest BCUT2D eigenvalue weighted by molar-refractivity contribution is 6.13. The molecule has 6 aromatic carbocycles. The second kappa shape index (κ2) is 8.36. The molecule has 0 aliphatic heterocycles. The zero-order valence-corrected chi connectivity index (χ0v) is 25.1. The first-order chi connectivity index (χ1) is 20.9. The van der Waals surface area contributed by atoms with Crippen molar-refractivity contribution in [2.24, 2.45) is 0 Å². The molecule has 0 fully saturated rings. The summed E-state index contributed by atoms with van der Waals surface area (Å²) in [4.78, 5) is 0. The van der Waals surface area contributed by atoms with Gasteiger partial charge in [0.05, 0.1) is 11.0 Å². The molecule has 2 aliphatic carbocycles. The Labute approximate surface area is 253 Å². The van der Waals surface area contributed by atoms with Crippen LogP contribution < -0.4 is 0 Å². The van der Waals surface area contributed by atoms with E-state index < -0.39 is 0 Å². The van der Waals surface area contributed by atoms with Crippen LogP contribution in [0.3, 0.4) is 0 Å². The van der Waals surface area contributed by atoms with Crippen LogP contribution >= 0.6 is 0 Å². The first-order valence-corrected chi connectivity index (χ1v) is 15.4. The Balaban J connectivity index is 1.23. The molecule has 0 N–H and O–H groups in total. The lowest BCUT2D eigenvalue weighted by molar-refractivity contribution is 0.660. The Morgan fingerprint density at radius 2 is 1.05 bits per heavy atom. The number of benzene rings is 6. The van der Waals surface area contributed by atoms with Crippen LogP contribution in [0.5, 0.6) is 0 Å². The minimum absolute atomic E-state index is 0.0263. The Kier molecular flexibility index (Phi) is 4.80. The van der Waals surface area contributed by atoms with Gasteiger partial charge >= 0.3 is 0 Å². The molecule has 7 aromatic rings. The lowest BCUT2D eigenvalue weighted by Crippen LogP contribution is -2.16. The second-order valence-corrected chi connectivity index (χ2v) is 13.4. The predicted molar refractivity (Wildman–Crippen MR) is 181 cm³/mol. The summed E-state index contributed by atoms with van der Waals surface area (Å²) in [6.45, 7) is 9.45. The van der Waals surface area contributed by atoms with Gasteiger partial charge in [-0.05, 0) is 79.9 Å². The molecular formula is C42H33N. The van der Waals surface area contributed by atoms with Gasteiger partial charge in [0.15, 0.2) is 0 Å². The number of hydrogen-bond donors (Lipinski definition) is 0. The van der Waals surface area contributed by atoms with E-state index in [9.17, 15) is 0 Å². The van der Waals surface area contributed by atoms with Crippen molar-refractivity contribution in [1.29, 1.82) is 0 Å². The highest BCUT2D eigenvalue weighted by Crippen LogP contribution is 2.53. The monoisotopic (exact) mass is 551 g/mol. The molecule has 43 heavy (non-hydrogen) atoms. The Hall–Kier alpha value is -4.88. The first-order valence-electron chi connectivity index (χ1n) is 15.4. The fraction of sp³-hybridized carbons (Fsp3) is 0.143. The smallest absolute Gasteiger partial charge is 0.0588 e. The number of rotatable bonds is 2. The van der Waals surface area contributed by atoms with Crippen LogP contribution in [0.4, 0.5) is 0 Å². The molecule has 0 atom stereocenters. The normalized spacial score (nSPS) is 15.3. The van der Waals surface area contributed by atoms with E-state index in [1.54, 1.807) is 0 Å². The van der Waals surface area contributed by atoms with Crippen molar-refractivity contribution in [1.82, 2.24) is 4.57 Å². The van der Waals surface area contributed by atoms with E-state index in [1.165, 1.54) is 83.1 Å². The lowest BCUT2D eigenvalue weighted by atomic mass is 9.81. The van der Waals surface area contributed by atoms with Gasteiger partial charge in [-0.2, -0.15) is 0 Å². The molecule has 0 saturated carbocycles. The maximum absolute atomic E-state index is 2.50. The molecule has 1 nitrogen and oxygen atoms in total. The van der Waals surface area contributed by atoms with Gasteiger partial charge in [-0.3, -0.25) is 0 Å². The molecule has 2 aliphatic rings. The highest BCUT2D eigenvalue weighted by atomic mass is 15.0. The zero-order valence-electron chi connectivity index (χ0n) is 25.1. The first kappa shape index (κ1) is 24.7. The minimum Gasteiger partial charge on any atom is -0.309 e. The summed E-state index contributed by atoms with van der Waals surface area (Å²) < 4.78 is 2.50. The fourth-order valence-corrected chi connectivity index (χ4v) is 8.28. The summed E-state index contributed by atoms with van der Waals surface area (Å²) in [5, 5.41) is 2.62. The number of para-hydroxylation sites is 1. The third-order valence-corrected chi connectivity index (χ3v) is 10.4. The van der Waals surface area contributed by atoms with Crippen LogP contribution in [0.25, 0.3) is 60.9 Å². The van der Waals surface area contributed by atoms with Gasteiger partial charge in [0, 0.05) is 27.3 Å². The summed E-state index contributed by atoms with van der Waals surface area (Å²) in [5.41, 5.74) is 17.3. The van der Waals surface area contributed by atoms with E-state index in [4.69, 9.17) is 0 Å². The highest BCUT2D eigenvalue weighted by Gasteiger charge is 2.38. The van der Waals surface area contributed by atoms with E-state index in [0.717, 1.165) is 0 Å². The summed E-state index contributed by atoms with van der Waals surface area (Å²) >= 11 is 0. The van der Waals surface area contributed by atoms with Crippen LogP contribution in [0.2, 0.25) is 0 Å². The van der Waals surface area contributed by atoms with Crippen molar-refractivity contribution in [2.45, 2.75) is 38.5 Å². The van der Waals surface area contributed by atoms with Crippen LogP contribution in [-0.2, 0) is 10.8 Å². The SMILES string of the molecule is CC1(C)c2ccccc2-c2cc(-c3ccc(-n4c5ccccc5c5ccc6c(c54)C(C)(C)c4ccccc4-6)cc3)ccc21. The molecule has 0 bridgehead atoms. The molecule has 0 spiro atoms. The Bertz CT molecular complexity index is 2270. The Morgan fingerprint density at radius 3 is 1.81 bits per heavy atom. The third-order valence-electron chi connectivity index (χ3n) is 10.4. The van der Waals surface area contributed by atoms with Gasteiger partial charge < -0.3 is 4.57 Å². The average Bonchev–Trinajstić information content (AvgIpc) is 3.58. The van der Waals surface area contributed by atoms with E-state index in [2.05, 4.69) is 160 Å². The van der Waals surface area contributed by atoms with Crippen molar-refractivity contribution in [3.63, 3.8) is 0 Å². The van der Waals surface area contributed by atoms with E-state index in [1.807, 2.05) is 0 Å². The maximum atomic E-state index is 2.50. The Morgan fingerprint density at radius 1 is 0.442 bits per heavy atom. The van der Waals surface area contributed by atoms with Gasteiger partial charge in [-0.25, -0.2) is 0 Å². The molecule has 1 heterocycles. The van der Waals surface area contributed by atoms with E-state index in [-0.39, 0.29) is 10.8 Å². The number of aromatic nitrogens is 1.